The SMILES string of the molecule is CC(C)[C@H]1CN(C(=O)[C@H](C)N)CCN1. The van der Waals surface area contributed by atoms with Crippen molar-refractivity contribution < 1.29 is 4.79 Å². The number of rotatable bonds is 2. The first-order valence-electron chi connectivity index (χ1n) is 5.30. The summed E-state index contributed by atoms with van der Waals surface area (Å²) in [7, 11) is 0. The maximum absolute atomic E-state index is 11.6. The minimum atomic E-state index is -0.374. The molecule has 0 aromatic rings. The first kappa shape index (κ1) is 11.5. The van der Waals surface area contributed by atoms with Crippen molar-refractivity contribution in [2.24, 2.45) is 11.7 Å². The zero-order valence-corrected chi connectivity index (χ0v) is 9.29. The fourth-order valence-corrected chi connectivity index (χ4v) is 1.71. The van der Waals surface area contributed by atoms with Gasteiger partial charge in [-0.2, -0.15) is 0 Å². The standard InChI is InChI=1S/C10H21N3O/c1-7(2)9-6-13(5-4-12-9)10(14)8(3)11/h7-9,12H,4-6,11H2,1-3H3/t8-,9+/m0/s1. The Morgan fingerprint density at radius 2 is 2.14 bits per heavy atom. The number of hydrogen-bond acceptors (Lipinski definition) is 3. The molecular weight excluding hydrogens is 178 g/mol. The number of carbonyl (C=O) groups excluding carboxylic acids is 1. The third kappa shape index (κ3) is 2.69. The molecule has 14 heavy (non-hydrogen) atoms. The van der Waals surface area contributed by atoms with E-state index in [0.717, 1.165) is 19.6 Å². The van der Waals surface area contributed by atoms with E-state index in [1.165, 1.54) is 0 Å². The van der Waals surface area contributed by atoms with Gasteiger partial charge in [0.05, 0.1) is 6.04 Å². The summed E-state index contributed by atoms with van der Waals surface area (Å²) in [4.78, 5) is 13.5. The lowest BCUT2D eigenvalue weighted by Crippen LogP contribution is -2.57. The summed E-state index contributed by atoms with van der Waals surface area (Å²) >= 11 is 0. The average Bonchev–Trinajstić information content (AvgIpc) is 2.16. The van der Waals surface area contributed by atoms with E-state index in [1.54, 1.807) is 6.92 Å². The first-order valence-corrected chi connectivity index (χ1v) is 5.30. The zero-order chi connectivity index (χ0) is 10.7. The molecule has 1 rings (SSSR count). The van der Waals surface area contributed by atoms with Crippen LogP contribution in [0.25, 0.3) is 0 Å². The minimum Gasteiger partial charge on any atom is -0.339 e. The lowest BCUT2D eigenvalue weighted by atomic mass is 10.0. The largest absolute Gasteiger partial charge is 0.339 e. The summed E-state index contributed by atoms with van der Waals surface area (Å²) < 4.78 is 0. The molecule has 1 fully saturated rings. The molecule has 0 aromatic heterocycles. The van der Waals surface area contributed by atoms with Gasteiger partial charge in [-0.05, 0) is 12.8 Å². The van der Waals surface area contributed by atoms with Crippen molar-refractivity contribution in [3.8, 4) is 0 Å². The van der Waals surface area contributed by atoms with Crippen molar-refractivity contribution in [3.63, 3.8) is 0 Å². The van der Waals surface area contributed by atoms with Gasteiger partial charge in [0.15, 0.2) is 0 Å². The highest BCUT2D eigenvalue weighted by Crippen LogP contribution is 2.08. The van der Waals surface area contributed by atoms with Gasteiger partial charge in [0.1, 0.15) is 0 Å². The summed E-state index contributed by atoms with van der Waals surface area (Å²) in [5, 5.41) is 3.41. The van der Waals surface area contributed by atoms with Gasteiger partial charge in [0.2, 0.25) is 5.91 Å². The van der Waals surface area contributed by atoms with Gasteiger partial charge < -0.3 is 16.0 Å². The Morgan fingerprint density at radius 1 is 1.50 bits per heavy atom. The number of carbonyl (C=O) groups is 1. The van der Waals surface area contributed by atoms with E-state index in [0.29, 0.717) is 12.0 Å². The van der Waals surface area contributed by atoms with Crippen LogP contribution in [0.15, 0.2) is 0 Å². The summed E-state index contributed by atoms with van der Waals surface area (Å²) in [6.45, 7) is 8.52. The molecule has 0 aromatic carbocycles. The predicted molar refractivity (Wildman–Crippen MR) is 56.9 cm³/mol. The monoisotopic (exact) mass is 199 g/mol. The topological polar surface area (TPSA) is 58.4 Å². The fourth-order valence-electron chi connectivity index (χ4n) is 1.71. The van der Waals surface area contributed by atoms with Gasteiger partial charge in [-0.15, -0.1) is 0 Å². The van der Waals surface area contributed by atoms with Crippen LogP contribution in [0.3, 0.4) is 0 Å². The molecule has 0 unspecified atom stereocenters. The van der Waals surface area contributed by atoms with E-state index in [1.807, 2.05) is 4.90 Å². The van der Waals surface area contributed by atoms with Gasteiger partial charge in [0, 0.05) is 25.7 Å². The molecule has 0 saturated carbocycles. The van der Waals surface area contributed by atoms with Crippen molar-refractivity contribution in [2.75, 3.05) is 19.6 Å². The number of nitrogens with one attached hydrogen (secondary N) is 1. The summed E-state index contributed by atoms with van der Waals surface area (Å²) in [6.07, 6.45) is 0. The number of hydrogen-bond donors (Lipinski definition) is 2. The summed E-state index contributed by atoms with van der Waals surface area (Å²) in [5.41, 5.74) is 5.58. The molecule has 0 bridgehead atoms. The maximum Gasteiger partial charge on any atom is 0.239 e. The Balaban J connectivity index is 2.51. The van der Waals surface area contributed by atoms with Crippen LogP contribution in [0.1, 0.15) is 20.8 Å². The third-order valence-corrected chi connectivity index (χ3v) is 2.71. The normalized spacial score (nSPS) is 25.2. The molecule has 82 valence electrons. The van der Waals surface area contributed by atoms with Gasteiger partial charge in [-0.3, -0.25) is 4.79 Å². The molecule has 1 saturated heterocycles. The number of nitrogens with zero attached hydrogens (tertiary/aromatic N) is 1. The van der Waals surface area contributed by atoms with Gasteiger partial charge >= 0.3 is 0 Å². The molecular formula is C10H21N3O. The summed E-state index contributed by atoms with van der Waals surface area (Å²) in [5.74, 6) is 0.621. The summed E-state index contributed by atoms with van der Waals surface area (Å²) in [6, 6.07) is 0.0346. The van der Waals surface area contributed by atoms with Crippen LogP contribution in [0.4, 0.5) is 0 Å². The minimum absolute atomic E-state index is 0.0668. The van der Waals surface area contributed by atoms with Crippen LogP contribution in [0.5, 0.6) is 0 Å². The van der Waals surface area contributed by atoms with E-state index >= 15 is 0 Å². The predicted octanol–water partition coefficient (Wildman–Crippen LogP) is -0.210. The van der Waals surface area contributed by atoms with Crippen LogP contribution in [-0.2, 0) is 4.79 Å². The smallest absolute Gasteiger partial charge is 0.239 e. The molecule has 1 aliphatic heterocycles. The van der Waals surface area contributed by atoms with Gasteiger partial charge in [-0.25, -0.2) is 0 Å². The number of nitrogens with two attached hydrogens (primary N) is 1. The molecule has 1 heterocycles. The second-order valence-electron chi connectivity index (χ2n) is 4.38. The highest BCUT2D eigenvalue weighted by molar-refractivity contribution is 5.81. The Morgan fingerprint density at radius 3 is 2.64 bits per heavy atom. The van der Waals surface area contributed by atoms with Crippen LogP contribution in [-0.4, -0.2) is 42.5 Å². The Bertz CT molecular complexity index is 204. The van der Waals surface area contributed by atoms with Crippen molar-refractivity contribution in [1.82, 2.24) is 10.2 Å². The molecule has 1 aliphatic rings. The molecule has 1 amide bonds. The second kappa shape index (κ2) is 4.75. The van der Waals surface area contributed by atoms with Crippen LogP contribution in [0.2, 0.25) is 0 Å². The Hall–Kier alpha value is -0.610. The molecule has 4 heteroatoms. The zero-order valence-electron chi connectivity index (χ0n) is 9.29. The van der Waals surface area contributed by atoms with Crippen molar-refractivity contribution in [3.05, 3.63) is 0 Å². The van der Waals surface area contributed by atoms with E-state index in [-0.39, 0.29) is 11.9 Å². The quantitative estimate of drug-likeness (QED) is 0.647. The molecule has 0 spiro atoms. The maximum atomic E-state index is 11.6. The van der Waals surface area contributed by atoms with Crippen molar-refractivity contribution in [1.29, 1.82) is 0 Å². The second-order valence-corrected chi connectivity index (χ2v) is 4.38. The average molecular weight is 199 g/mol. The highest BCUT2D eigenvalue weighted by Gasteiger charge is 2.26. The lowest BCUT2D eigenvalue weighted by Gasteiger charge is -2.36. The molecule has 3 N–H and O–H groups in total. The van der Waals surface area contributed by atoms with Crippen LogP contribution >= 0.6 is 0 Å². The van der Waals surface area contributed by atoms with E-state index in [4.69, 9.17) is 5.73 Å². The van der Waals surface area contributed by atoms with Crippen molar-refractivity contribution in [2.45, 2.75) is 32.9 Å². The Labute approximate surface area is 85.8 Å². The van der Waals surface area contributed by atoms with E-state index < -0.39 is 0 Å². The van der Waals surface area contributed by atoms with Crippen LogP contribution in [0, 0.1) is 5.92 Å². The van der Waals surface area contributed by atoms with Gasteiger partial charge in [-0.1, -0.05) is 13.8 Å². The highest BCUT2D eigenvalue weighted by atomic mass is 16.2. The van der Waals surface area contributed by atoms with Crippen LogP contribution < -0.4 is 11.1 Å². The third-order valence-electron chi connectivity index (χ3n) is 2.71. The molecule has 0 aliphatic carbocycles. The number of piperazine rings is 1. The lowest BCUT2D eigenvalue weighted by molar-refractivity contribution is -0.133. The van der Waals surface area contributed by atoms with E-state index in [9.17, 15) is 4.79 Å². The first-order chi connectivity index (χ1) is 6.52. The molecule has 4 nitrogen and oxygen atoms in total. The van der Waals surface area contributed by atoms with Crippen molar-refractivity contribution >= 4 is 5.91 Å². The van der Waals surface area contributed by atoms with Gasteiger partial charge in [0.25, 0.3) is 0 Å². The van der Waals surface area contributed by atoms with E-state index in [2.05, 4.69) is 19.2 Å². The fraction of sp³-hybridized carbons (Fsp3) is 0.900. The Kier molecular flexibility index (Phi) is 3.89. The molecule has 0 radical (unpaired) electrons. The molecule has 2 atom stereocenters. The number of amides is 1.